The molecular weight excluding hydrogens is 316 g/mol. The lowest BCUT2D eigenvalue weighted by Gasteiger charge is -2.17. The van der Waals surface area contributed by atoms with Crippen LogP contribution in [0.3, 0.4) is 0 Å². The van der Waals surface area contributed by atoms with Gasteiger partial charge in [0.2, 0.25) is 0 Å². The van der Waals surface area contributed by atoms with Gasteiger partial charge in [0.15, 0.2) is 0 Å². The van der Waals surface area contributed by atoms with E-state index in [1.54, 1.807) is 0 Å². The number of methoxy groups -OCH3 is 1. The van der Waals surface area contributed by atoms with Gasteiger partial charge in [-0.1, -0.05) is 51.2 Å². The summed E-state index contributed by atoms with van der Waals surface area (Å²) in [6.07, 6.45) is 14.2. The Kier molecular flexibility index (Phi) is 7.39. The van der Waals surface area contributed by atoms with Gasteiger partial charge in [-0.15, -0.1) is 0 Å². The van der Waals surface area contributed by atoms with Gasteiger partial charge < -0.3 is 4.74 Å². The fourth-order valence-electron chi connectivity index (χ4n) is 4.26. The third-order valence-corrected chi connectivity index (χ3v) is 5.83. The molecule has 0 spiro atoms. The molecule has 2 saturated carbocycles. The Bertz CT molecular complexity index is 522. The quantitative estimate of drug-likeness (QED) is 0.298. The topological polar surface area (TPSA) is 60.4 Å². The molecule has 140 valence electrons. The van der Waals surface area contributed by atoms with Crippen LogP contribution in [0.4, 0.5) is 0 Å². The summed E-state index contributed by atoms with van der Waals surface area (Å²) in [4.78, 5) is 35.7. The van der Waals surface area contributed by atoms with Crippen molar-refractivity contribution in [1.82, 2.24) is 0 Å². The minimum atomic E-state index is -0.449. The van der Waals surface area contributed by atoms with Crippen LogP contribution in [0.2, 0.25) is 0 Å². The maximum atomic E-state index is 12.3. The summed E-state index contributed by atoms with van der Waals surface area (Å²) in [7, 11) is 1.41. The van der Waals surface area contributed by atoms with Crippen molar-refractivity contribution in [3.8, 4) is 0 Å². The van der Waals surface area contributed by atoms with Gasteiger partial charge in [-0.2, -0.15) is 0 Å². The number of ketones is 2. The summed E-state index contributed by atoms with van der Waals surface area (Å²) >= 11 is 0. The van der Waals surface area contributed by atoms with Crippen molar-refractivity contribution in [2.24, 2.45) is 17.3 Å². The number of ether oxygens (including phenoxy) is 1. The van der Waals surface area contributed by atoms with Crippen molar-refractivity contribution in [2.75, 3.05) is 7.11 Å². The molecule has 0 radical (unpaired) electrons. The molecule has 0 aliphatic heterocycles. The Balaban J connectivity index is 1.77. The van der Waals surface area contributed by atoms with Gasteiger partial charge in [-0.3, -0.25) is 14.4 Å². The maximum absolute atomic E-state index is 12.3. The molecule has 0 amide bonds. The number of Topliss-reactive ketones (excluding diaryl/α,β-unsaturated/α-hetero) is 2. The average molecular weight is 348 g/mol. The standard InChI is InChI=1S/C21H32O4/c1-3-4-5-8-11-14-21-16(18(22)15-17(21)20(21)24)12-9-6-7-10-13-19(23)25-2/h11,14,16-17H,3-10,12-13,15H2,1-2H3/b14-11-. The number of rotatable bonds is 12. The molecule has 2 aliphatic rings. The van der Waals surface area contributed by atoms with Crippen LogP contribution in [0, 0.1) is 17.3 Å². The third-order valence-electron chi connectivity index (χ3n) is 5.83. The highest BCUT2D eigenvalue weighted by Crippen LogP contribution is 2.63. The first-order valence-corrected chi connectivity index (χ1v) is 9.89. The number of unbranched alkanes of at least 4 members (excludes halogenated alkanes) is 6. The zero-order chi connectivity index (χ0) is 18.3. The molecule has 2 fully saturated rings. The molecule has 0 aromatic rings. The summed E-state index contributed by atoms with van der Waals surface area (Å²) in [6.45, 7) is 2.18. The largest absolute Gasteiger partial charge is 0.469 e. The van der Waals surface area contributed by atoms with Crippen LogP contribution in [0.25, 0.3) is 0 Å². The van der Waals surface area contributed by atoms with Gasteiger partial charge in [-0.05, 0) is 25.7 Å². The van der Waals surface area contributed by atoms with Crippen molar-refractivity contribution in [3.63, 3.8) is 0 Å². The second-order valence-corrected chi connectivity index (χ2v) is 7.50. The Morgan fingerprint density at radius 1 is 1.16 bits per heavy atom. The van der Waals surface area contributed by atoms with Crippen LogP contribution in [-0.2, 0) is 19.1 Å². The Labute approximate surface area is 151 Å². The van der Waals surface area contributed by atoms with E-state index in [0.29, 0.717) is 12.8 Å². The molecule has 0 saturated heterocycles. The van der Waals surface area contributed by atoms with Crippen LogP contribution in [0.1, 0.15) is 77.6 Å². The Morgan fingerprint density at radius 2 is 1.92 bits per heavy atom. The van der Waals surface area contributed by atoms with Gasteiger partial charge in [0.25, 0.3) is 0 Å². The number of carbonyl (C=O) groups excluding carboxylic acids is 3. The lowest BCUT2D eigenvalue weighted by molar-refractivity contribution is -0.140. The summed E-state index contributed by atoms with van der Waals surface area (Å²) in [5.74, 6) is 0.260. The minimum absolute atomic E-state index is 0.0354. The van der Waals surface area contributed by atoms with Crippen LogP contribution in [-0.4, -0.2) is 24.6 Å². The van der Waals surface area contributed by atoms with E-state index in [-0.39, 0.29) is 29.4 Å². The number of allylic oxidation sites excluding steroid dienone is 2. The lowest BCUT2D eigenvalue weighted by Crippen LogP contribution is -2.21. The van der Waals surface area contributed by atoms with Gasteiger partial charge >= 0.3 is 5.97 Å². The molecule has 0 aromatic carbocycles. The highest BCUT2D eigenvalue weighted by Gasteiger charge is 2.72. The number of esters is 1. The highest BCUT2D eigenvalue weighted by atomic mass is 16.5. The van der Waals surface area contributed by atoms with Crippen molar-refractivity contribution in [1.29, 1.82) is 0 Å². The normalized spacial score (nSPS) is 27.8. The third kappa shape index (κ3) is 4.59. The Hall–Kier alpha value is -1.45. The van der Waals surface area contributed by atoms with Crippen molar-refractivity contribution < 1.29 is 19.1 Å². The first-order chi connectivity index (χ1) is 12.1. The maximum Gasteiger partial charge on any atom is 0.305 e. The number of carbonyl (C=O) groups is 3. The van der Waals surface area contributed by atoms with E-state index >= 15 is 0 Å². The smallest absolute Gasteiger partial charge is 0.305 e. The average Bonchev–Trinajstić information content (AvgIpc) is 3.02. The molecule has 4 heteroatoms. The molecule has 3 atom stereocenters. The Morgan fingerprint density at radius 3 is 2.64 bits per heavy atom. The number of fused-ring (bicyclic) bond motifs is 1. The summed E-state index contributed by atoms with van der Waals surface area (Å²) < 4.78 is 4.63. The molecule has 2 rings (SSSR count). The number of hydrogen-bond acceptors (Lipinski definition) is 4. The number of hydrogen-bond donors (Lipinski definition) is 0. The predicted octanol–water partition coefficient (Wildman–Crippen LogP) is 4.41. The van der Waals surface area contributed by atoms with Gasteiger partial charge in [-0.25, -0.2) is 0 Å². The van der Waals surface area contributed by atoms with Gasteiger partial charge in [0.1, 0.15) is 11.6 Å². The molecular formula is C21H32O4. The minimum Gasteiger partial charge on any atom is -0.469 e. The van der Waals surface area contributed by atoms with Crippen molar-refractivity contribution in [3.05, 3.63) is 12.2 Å². The van der Waals surface area contributed by atoms with E-state index in [1.807, 2.05) is 0 Å². The van der Waals surface area contributed by atoms with Crippen LogP contribution in [0.15, 0.2) is 12.2 Å². The van der Waals surface area contributed by atoms with E-state index in [2.05, 4.69) is 23.8 Å². The molecule has 3 unspecified atom stereocenters. The first kappa shape index (κ1) is 19.9. The zero-order valence-corrected chi connectivity index (χ0v) is 15.7. The SMILES string of the molecule is CCCCC/C=C\C12C(=O)C1CC(=O)C2CCCCCCC(=O)OC. The van der Waals surface area contributed by atoms with Crippen LogP contribution >= 0.6 is 0 Å². The molecule has 0 N–H and O–H groups in total. The van der Waals surface area contributed by atoms with Gasteiger partial charge in [0.05, 0.1) is 12.5 Å². The predicted molar refractivity (Wildman–Crippen MR) is 97.0 cm³/mol. The van der Waals surface area contributed by atoms with E-state index in [9.17, 15) is 14.4 Å². The monoisotopic (exact) mass is 348 g/mol. The second-order valence-electron chi connectivity index (χ2n) is 7.50. The molecule has 2 aliphatic carbocycles. The molecule has 0 aromatic heterocycles. The van der Waals surface area contributed by atoms with Crippen molar-refractivity contribution >= 4 is 17.5 Å². The molecule has 4 nitrogen and oxygen atoms in total. The van der Waals surface area contributed by atoms with Gasteiger partial charge in [0, 0.05) is 24.7 Å². The van der Waals surface area contributed by atoms with Crippen molar-refractivity contribution in [2.45, 2.75) is 77.6 Å². The fourth-order valence-corrected chi connectivity index (χ4v) is 4.26. The fraction of sp³-hybridized carbons (Fsp3) is 0.762. The lowest BCUT2D eigenvalue weighted by atomic mass is 9.84. The molecule has 0 heterocycles. The highest BCUT2D eigenvalue weighted by molar-refractivity contribution is 6.15. The summed E-state index contributed by atoms with van der Waals surface area (Å²) in [5, 5.41) is 0. The van der Waals surface area contributed by atoms with E-state index in [4.69, 9.17) is 0 Å². The zero-order valence-electron chi connectivity index (χ0n) is 15.7. The van der Waals surface area contributed by atoms with E-state index < -0.39 is 5.41 Å². The van der Waals surface area contributed by atoms with E-state index in [1.165, 1.54) is 20.0 Å². The summed E-state index contributed by atoms with van der Waals surface area (Å²) in [6, 6.07) is 0. The summed E-state index contributed by atoms with van der Waals surface area (Å²) in [5.41, 5.74) is -0.449. The van der Waals surface area contributed by atoms with Crippen LogP contribution < -0.4 is 0 Å². The van der Waals surface area contributed by atoms with Crippen LogP contribution in [0.5, 0.6) is 0 Å². The molecule has 0 bridgehead atoms. The first-order valence-electron chi connectivity index (χ1n) is 9.89. The molecule has 25 heavy (non-hydrogen) atoms. The van der Waals surface area contributed by atoms with E-state index in [0.717, 1.165) is 44.9 Å². The second kappa shape index (κ2) is 9.30.